The largest absolute Gasteiger partial charge is 0.382 e. The molecule has 0 saturated carbocycles. The van der Waals surface area contributed by atoms with E-state index in [1.165, 1.54) is 6.20 Å². The maximum atomic E-state index is 11.0. The van der Waals surface area contributed by atoms with Crippen LogP contribution in [0.2, 0.25) is 0 Å². The molecule has 0 aliphatic heterocycles. The molecule has 0 aromatic rings. The van der Waals surface area contributed by atoms with Crippen molar-refractivity contribution in [3.63, 3.8) is 0 Å². The van der Waals surface area contributed by atoms with Crippen molar-refractivity contribution in [2.75, 3.05) is 13.1 Å². The number of nitrogens with one attached hydrogen (secondary N) is 2. The van der Waals surface area contributed by atoms with Crippen molar-refractivity contribution in [3.05, 3.63) is 6.20 Å². The van der Waals surface area contributed by atoms with E-state index in [9.17, 15) is 9.59 Å². The molecule has 4 nitrogen and oxygen atoms in total. The highest BCUT2D eigenvalue weighted by Crippen LogP contribution is 1.93. The van der Waals surface area contributed by atoms with E-state index in [2.05, 4.69) is 10.6 Å². The fourth-order valence-electron chi connectivity index (χ4n) is 1.19. The Morgan fingerprint density at radius 3 is 2.67 bits per heavy atom. The highest BCUT2D eigenvalue weighted by Gasteiger charge is 1.96. The van der Waals surface area contributed by atoms with Crippen molar-refractivity contribution in [1.29, 1.82) is 0 Å². The van der Waals surface area contributed by atoms with E-state index < -0.39 is 0 Å². The summed E-state index contributed by atoms with van der Waals surface area (Å²) in [6.45, 7) is 3.53. The zero-order valence-electron chi connectivity index (χ0n) is 9.34. The van der Waals surface area contributed by atoms with Crippen LogP contribution in [0.1, 0.15) is 39.0 Å². The first-order valence-corrected chi connectivity index (χ1v) is 5.50. The Morgan fingerprint density at radius 2 is 2.00 bits per heavy atom. The van der Waals surface area contributed by atoms with Crippen LogP contribution in [0.15, 0.2) is 6.20 Å². The van der Waals surface area contributed by atoms with Crippen molar-refractivity contribution >= 4 is 11.8 Å². The second-order valence-electron chi connectivity index (χ2n) is 3.38. The number of amides is 1. The van der Waals surface area contributed by atoms with Gasteiger partial charge < -0.3 is 10.6 Å². The summed E-state index contributed by atoms with van der Waals surface area (Å²) in [5.41, 5.74) is 0. The minimum Gasteiger partial charge on any atom is -0.382 e. The first kappa shape index (κ1) is 13.7. The molecule has 0 atom stereocenters. The topological polar surface area (TPSA) is 58.2 Å². The first-order valence-electron chi connectivity index (χ1n) is 5.50. The van der Waals surface area contributed by atoms with Gasteiger partial charge >= 0.3 is 0 Å². The van der Waals surface area contributed by atoms with Crippen LogP contribution < -0.4 is 10.6 Å². The van der Waals surface area contributed by atoms with Gasteiger partial charge in [-0.2, -0.15) is 0 Å². The van der Waals surface area contributed by atoms with Gasteiger partial charge in [-0.05, 0) is 25.7 Å². The van der Waals surface area contributed by atoms with E-state index in [0.717, 1.165) is 38.8 Å². The Bertz CT molecular complexity index is 211. The van der Waals surface area contributed by atoms with Gasteiger partial charge in [0, 0.05) is 19.5 Å². The third-order valence-electron chi connectivity index (χ3n) is 1.96. The van der Waals surface area contributed by atoms with Crippen molar-refractivity contribution < 1.29 is 9.59 Å². The van der Waals surface area contributed by atoms with Gasteiger partial charge in [0.1, 0.15) is 5.94 Å². The maximum absolute atomic E-state index is 11.0. The Labute approximate surface area is 91.1 Å². The lowest BCUT2D eigenvalue weighted by Crippen LogP contribution is -2.23. The standard InChI is InChI=1S/C11H20N2O2/c1-2-6-11(15)13-8-5-3-4-7-12-9-10-14/h9,12H,2-8H2,1H3,(H,13,15). The third-order valence-corrected chi connectivity index (χ3v) is 1.96. The lowest BCUT2D eigenvalue weighted by molar-refractivity contribution is -0.121. The van der Waals surface area contributed by atoms with Crippen LogP contribution in [-0.4, -0.2) is 24.9 Å². The highest BCUT2D eigenvalue weighted by atomic mass is 16.1. The minimum atomic E-state index is 0.138. The number of carbonyl (C=O) groups is 1. The Morgan fingerprint density at radius 1 is 1.27 bits per heavy atom. The van der Waals surface area contributed by atoms with Crippen molar-refractivity contribution in [3.8, 4) is 0 Å². The van der Waals surface area contributed by atoms with Gasteiger partial charge in [-0.1, -0.05) is 6.92 Å². The number of rotatable bonds is 9. The summed E-state index contributed by atoms with van der Waals surface area (Å²) in [5.74, 6) is 1.79. The first-order chi connectivity index (χ1) is 7.31. The molecule has 0 radical (unpaired) electrons. The van der Waals surface area contributed by atoms with Crippen LogP contribution in [0.4, 0.5) is 0 Å². The maximum Gasteiger partial charge on any atom is 0.219 e. The van der Waals surface area contributed by atoms with Gasteiger partial charge in [0.15, 0.2) is 0 Å². The van der Waals surface area contributed by atoms with Crippen LogP contribution in [0.3, 0.4) is 0 Å². The smallest absolute Gasteiger partial charge is 0.219 e. The van der Waals surface area contributed by atoms with Crippen LogP contribution in [-0.2, 0) is 9.59 Å². The normalized spacial score (nSPS) is 9.13. The minimum absolute atomic E-state index is 0.138. The molecule has 0 saturated heterocycles. The van der Waals surface area contributed by atoms with E-state index in [4.69, 9.17) is 0 Å². The molecule has 0 rings (SSSR count). The highest BCUT2D eigenvalue weighted by molar-refractivity contribution is 5.75. The van der Waals surface area contributed by atoms with E-state index in [-0.39, 0.29) is 5.91 Å². The summed E-state index contributed by atoms with van der Waals surface area (Å²) in [6.07, 6.45) is 5.83. The molecule has 0 aromatic heterocycles. The Kier molecular flexibility index (Phi) is 9.88. The molecule has 0 heterocycles. The summed E-state index contributed by atoms with van der Waals surface area (Å²) in [7, 11) is 0. The zero-order valence-corrected chi connectivity index (χ0v) is 9.34. The molecule has 0 aromatic carbocycles. The van der Waals surface area contributed by atoms with Crippen LogP contribution >= 0.6 is 0 Å². The van der Waals surface area contributed by atoms with Gasteiger partial charge in [-0.25, -0.2) is 4.79 Å². The molecule has 86 valence electrons. The molecular weight excluding hydrogens is 192 g/mol. The zero-order chi connectivity index (χ0) is 11.4. The fourth-order valence-corrected chi connectivity index (χ4v) is 1.19. The van der Waals surface area contributed by atoms with Gasteiger partial charge in [0.25, 0.3) is 0 Å². The SMILES string of the molecule is CCCC(=O)NCCCCCNC=C=O. The molecular formula is C11H20N2O2. The summed E-state index contributed by atoms with van der Waals surface area (Å²) in [6, 6.07) is 0. The van der Waals surface area contributed by atoms with Gasteiger partial charge in [0.2, 0.25) is 5.91 Å². The van der Waals surface area contributed by atoms with Crippen LogP contribution in [0.5, 0.6) is 0 Å². The predicted octanol–water partition coefficient (Wildman–Crippen LogP) is 1.01. The van der Waals surface area contributed by atoms with E-state index in [1.54, 1.807) is 5.94 Å². The molecule has 0 spiro atoms. The number of carbonyl (C=O) groups excluding carboxylic acids is 2. The van der Waals surface area contributed by atoms with E-state index in [0.29, 0.717) is 6.42 Å². The van der Waals surface area contributed by atoms with Gasteiger partial charge in [-0.3, -0.25) is 4.79 Å². The molecule has 4 heteroatoms. The summed E-state index contributed by atoms with van der Waals surface area (Å²) < 4.78 is 0. The summed E-state index contributed by atoms with van der Waals surface area (Å²) >= 11 is 0. The average Bonchev–Trinajstić information content (AvgIpc) is 2.22. The second-order valence-corrected chi connectivity index (χ2v) is 3.38. The Hall–Kier alpha value is -1.28. The molecule has 0 aliphatic rings. The molecule has 1 amide bonds. The number of hydrogen-bond donors (Lipinski definition) is 2. The van der Waals surface area contributed by atoms with E-state index >= 15 is 0 Å². The lowest BCUT2D eigenvalue weighted by Gasteiger charge is -2.03. The van der Waals surface area contributed by atoms with Crippen molar-refractivity contribution in [1.82, 2.24) is 10.6 Å². The van der Waals surface area contributed by atoms with Gasteiger partial charge in [0.05, 0.1) is 6.20 Å². The van der Waals surface area contributed by atoms with Crippen molar-refractivity contribution in [2.24, 2.45) is 0 Å². The Balaban J connectivity index is 3.10. The molecule has 2 N–H and O–H groups in total. The number of hydrogen-bond acceptors (Lipinski definition) is 3. The molecule has 0 bridgehead atoms. The molecule has 0 fully saturated rings. The van der Waals surface area contributed by atoms with Crippen molar-refractivity contribution in [2.45, 2.75) is 39.0 Å². The third kappa shape index (κ3) is 10.6. The molecule has 0 unspecified atom stereocenters. The molecule has 0 aliphatic carbocycles. The second kappa shape index (κ2) is 10.8. The van der Waals surface area contributed by atoms with Crippen LogP contribution in [0, 0.1) is 0 Å². The van der Waals surface area contributed by atoms with Crippen LogP contribution in [0.25, 0.3) is 0 Å². The summed E-state index contributed by atoms with van der Waals surface area (Å²) in [5, 5.41) is 5.68. The lowest BCUT2D eigenvalue weighted by atomic mass is 10.2. The van der Waals surface area contributed by atoms with E-state index in [1.807, 2.05) is 6.92 Å². The molecule has 15 heavy (non-hydrogen) atoms. The monoisotopic (exact) mass is 212 g/mol. The predicted molar refractivity (Wildman–Crippen MR) is 60.0 cm³/mol. The summed E-state index contributed by atoms with van der Waals surface area (Å²) in [4.78, 5) is 20.8. The van der Waals surface area contributed by atoms with Gasteiger partial charge in [-0.15, -0.1) is 0 Å². The quantitative estimate of drug-likeness (QED) is 0.443. The fraction of sp³-hybridized carbons (Fsp3) is 0.727. The average molecular weight is 212 g/mol. The number of unbranched alkanes of at least 4 members (excludes halogenated alkanes) is 2.